The third-order valence-electron chi connectivity index (χ3n) is 5.55. The molecule has 3 rings (SSSR count). The van der Waals surface area contributed by atoms with Crippen LogP contribution in [0.2, 0.25) is 0 Å². The maximum atomic E-state index is 12.5. The Morgan fingerprint density at radius 3 is 2.59 bits per heavy atom. The van der Waals surface area contributed by atoms with Gasteiger partial charge in [0, 0.05) is 24.7 Å². The van der Waals surface area contributed by atoms with E-state index in [0.717, 1.165) is 28.8 Å². The number of amides is 2. The number of ether oxygens (including phenoxy) is 1. The number of anilines is 2. The lowest BCUT2D eigenvalue weighted by Crippen LogP contribution is -2.28. The zero-order valence-electron chi connectivity index (χ0n) is 18.2. The molecule has 2 aromatic rings. The molecule has 0 bridgehead atoms. The van der Waals surface area contributed by atoms with Crippen LogP contribution in [0.5, 0.6) is 0 Å². The largest absolute Gasteiger partial charge is 0.455 e. The first-order valence-corrected chi connectivity index (χ1v) is 10.3. The van der Waals surface area contributed by atoms with Crippen molar-refractivity contribution in [3.05, 3.63) is 63.2 Å². The minimum absolute atomic E-state index is 0.00112. The summed E-state index contributed by atoms with van der Waals surface area (Å²) in [5.41, 5.74) is 3.08. The van der Waals surface area contributed by atoms with Gasteiger partial charge >= 0.3 is 5.97 Å². The number of esters is 1. The van der Waals surface area contributed by atoms with Crippen molar-refractivity contribution >= 4 is 34.8 Å². The zero-order chi connectivity index (χ0) is 23.4. The number of hydrogen-bond acceptors (Lipinski definition) is 6. The van der Waals surface area contributed by atoms with E-state index in [1.165, 1.54) is 12.1 Å². The van der Waals surface area contributed by atoms with Crippen molar-refractivity contribution in [3.8, 4) is 0 Å². The number of carbonyl (C=O) groups excluding carboxylic acids is 3. The van der Waals surface area contributed by atoms with Gasteiger partial charge in [-0.05, 0) is 49.1 Å². The Balaban J connectivity index is 1.61. The van der Waals surface area contributed by atoms with Crippen LogP contribution in [-0.2, 0) is 25.5 Å². The second-order valence-electron chi connectivity index (χ2n) is 7.75. The molecule has 1 N–H and O–H groups in total. The normalized spacial score (nSPS) is 15.5. The average molecular weight is 439 g/mol. The molecular weight excluding hydrogens is 414 g/mol. The summed E-state index contributed by atoms with van der Waals surface area (Å²) < 4.78 is 5.10. The van der Waals surface area contributed by atoms with E-state index in [9.17, 15) is 24.5 Å². The summed E-state index contributed by atoms with van der Waals surface area (Å²) in [6, 6.07) is 10.4. The Labute approximate surface area is 185 Å². The molecule has 1 heterocycles. The van der Waals surface area contributed by atoms with E-state index >= 15 is 0 Å². The van der Waals surface area contributed by atoms with Gasteiger partial charge in [-0.3, -0.25) is 24.5 Å². The van der Waals surface area contributed by atoms with Crippen LogP contribution >= 0.6 is 0 Å². The number of nitrogens with one attached hydrogen (secondary N) is 1. The molecule has 1 aliphatic rings. The van der Waals surface area contributed by atoms with Crippen LogP contribution in [0.25, 0.3) is 0 Å². The molecule has 1 aliphatic heterocycles. The Kier molecular flexibility index (Phi) is 6.87. The molecule has 1 unspecified atom stereocenters. The van der Waals surface area contributed by atoms with Crippen molar-refractivity contribution in [2.24, 2.45) is 5.92 Å². The topological polar surface area (TPSA) is 119 Å². The maximum absolute atomic E-state index is 12.5. The summed E-state index contributed by atoms with van der Waals surface area (Å²) in [6.45, 7) is 5.08. The fourth-order valence-corrected chi connectivity index (χ4v) is 3.66. The molecule has 1 atom stereocenters. The molecule has 1 saturated heterocycles. The Hall–Kier alpha value is -3.75. The van der Waals surface area contributed by atoms with Crippen LogP contribution in [0.4, 0.5) is 17.1 Å². The van der Waals surface area contributed by atoms with Crippen molar-refractivity contribution in [1.82, 2.24) is 0 Å². The number of para-hydroxylation sites is 1. The van der Waals surface area contributed by atoms with Crippen molar-refractivity contribution in [1.29, 1.82) is 0 Å². The lowest BCUT2D eigenvalue weighted by Gasteiger charge is -2.19. The molecule has 32 heavy (non-hydrogen) atoms. The van der Waals surface area contributed by atoms with Crippen molar-refractivity contribution in [2.45, 2.75) is 33.6 Å². The predicted molar refractivity (Wildman–Crippen MR) is 118 cm³/mol. The van der Waals surface area contributed by atoms with Crippen molar-refractivity contribution in [3.63, 3.8) is 0 Å². The molecule has 2 aromatic carbocycles. The van der Waals surface area contributed by atoms with E-state index in [2.05, 4.69) is 5.32 Å². The second-order valence-corrected chi connectivity index (χ2v) is 7.75. The van der Waals surface area contributed by atoms with Crippen LogP contribution in [0.3, 0.4) is 0 Å². The number of benzene rings is 2. The summed E-state index contributed by atoms with van der Waals surface area (Å²) in [5, 5.41) is 13.7. The summed E-state index contributed by atoms with van der Waals surface area (Å²) in [7, 11) is 0. The highest BCUT2D eigenvalue weighted by atomic mass is 16.6. The van der Waals surface area contributed by atoms with Crippen LogP contribution in [-0.4, -0.2) is 35.9 Å². The van der Waals surface area contributed by atoms with Crippen molar-refractivity contribution < 1.29 is 24.0 Å². The Bertz CT molecular complexity index is 1080. The number of nitro benzene ring substituents is 1. The minimum atomic E-state index is -0.692. The molecule has 168 valence electrons. The molecule has 9 nitrogen and oxygen atoms in total. The summed E-state index contributed by atoms with van der Waals surface area (Å²) in [5.74, 6) is -2.21. The van der Waals surface area contributed by atoms with E-state index < -0.39 is 29.3 Å². The first-order valence-electron chi connectivity index (χ1n) is 10.3. The number of aryl methyl sites for hydroxylation is 3. The van der Waals surface area contributed by atoms with Gasteiger partial charge in [0.2, 0.25) is 5.91 Å². The zero-order valence-corrected chi connectivity index (χ0v) is 18.2. The van der Waals surface area contributed by atoms with Crippen molar-refractivity contribution in [2.75, 3.05) is 23.4 Å². The highest BCUT2D eigenvalue weighted by Crippen LogP contribution is 2.30. The smallest absolute Gasteiger partial charge is 0.311 e. The van der Waals surface area contributed by atoms with Crippen LogP contribution < -0.4 is 10.2 Å². The van der Waals surface area contributed by atoms with E-state index in [0.29, 0.717) is 0 Å². The summed E-state index contributed by atoms with van der Waals surface area (Å²) in [6.07, 6.45) is 0.751. The lowest BCUT2D eigenvalue weighted by atomic mass is 10.1. The Morgan fingerprint density at radius 1 is 1.22 bits per heavy atom. The van der Waals surface area contributed by atoms with Gasteiger partial charge < -0.3 is 15.0 Å². The van der Waals surface area contributed by atoms with Crippen LogP contribution in [0.15, 0.2) is 36.4 Å². The third-order valence-corrected chi connectivity index (χ3v) is 5.55. The van der Waals surface area contributed by atoms with Gasteiger partial charge in [-0.15, -0.1) is 0 Å². The molecule has 2 amide bonds. The van der Waals surface area contributed by atoms with Gasteiger partial charge in [0.15, 0.2) is 6.61 Å². The summed E-state index contributed by atoms with van der Waals surface area (Å²) in [4.78, 5) is 49.4. The minimum Gasteiger partial charge on any atom is -0.455 e. The molecular formula is C23H25N3O6. The first kappa shape index (κ1) is 22.9. The number of nitro groups is 1. The second kappa shape index (κ2) is 9.59. The van der Waals surface area contributed by atoms with Gasteiger partial charge in [-0.25, -0.2) is 0 Å². The fourth-order valence-electron chi connectivity index (χ4n) is 3.66. The quantitative estimate of drug-likeness (QED) is 0.402. The lowest BCUT2D eigenvalue weighted by molar-refractivity contribution is -0.384. The van der Waals surface area contributed by atoms with Gasteiger partial charge in [-0.1, -0.05) is 25.1 Å². The van der Waals surface area contributed by atoms with Gasteiger partial charge in [0.25, 0.3) is 11.6 Å². The molecule has 0 aromatic heterocycles. The van der Waals surface area contributed by atoms with E-state index in [-0.39, 0.29) is 30.2 Å². The highest BCUT2D eigenvalue weighted by molar-refractivity contribution is 6.00. The van der Waals surface area contributed by atoms with Gasteiger partial charge in [-0.2, -0.15) is 0 Å². The number of nitrogens with zero attached hydrogens (tertiary/aromatic N) is 2. The molecule has 0 spiro atoms. The number of carbonyl (C=O) groups is 3. The van der Waals surface area contributed by atoms with Crippen LogP contribution in [0.1, 0.15) is 30.0 Å². The SMILES string of the molecule is CCc1ccccc1N1CC(C(=O)OCC(=O)Nc2cc(C)c(C)cc2[N+](=O)[O-])CC1=O. The third kappa shape index (κ3) is 4.93. The molecule has 0 radical (unpaired) electrons. The predicted octanol–water partition coefficient (Wildman–Crippen LogP) is 3.31. The number of rotatable bonds is 7. The molecule has 0 saturated carbocycles. The van der Waals surface area contributed by atoms with E-state index in [4.69, 9.17) is 4.74 Å². The fraction of sp³-hybridized carbons (Fsp3) is 0.348. The van der Waals surface area contributed by atoms with Gasteiger partial charge in [0.1, 0.15) is 5.69 Å². The van der Waals surface area contributed by atoms with Crippen LogP contribution in [0, 0.1) is 29.9 Å². The van der Waals surface area contributed by atoms with E-state index in [1.54, 1.807) is 18.7 Å². The standard InChI is InChI=1S/C23H25N3O6/c1-4-16-7-5-6-8-19(16)25-12-17(11-22(25)28)23(29)32-13-21(27)24-18-9-14(2)15(3)10-20(18)26(30)31/h5-10,17H,4,11-13H2,1-3H3,(H,24,27). The molecule has 0 aliphatic carbocycles. The summed E-state index contributed by atoms with van der Waals surface area (Å²) >= 11 is 0. The van der Waals surface area contributed by atoms with E-state index in [1.807, 2.05) is 31.2 Å². The number of hydrogen-bond donors (Lipinski definition) is 1. The van der Waals surface area contributed by atoms with Gasteiger partial charge in [0.05, 0.1) is 10.8 Å². The monoisotopic (exact) mass is 439 g/mol. The Morgan fingerprint density at radius 2 is 1.91 bits per heavy atom. The highest BCUT2D eigenvalue weighted by Gasteiger charge is 2.37. The molecule has 9 heteroatoms. The average Bonchev–Trinajstić information content (AvgIpc) is 3.15. The maximum Gasteiger partial charge on any atom is 0.311 e. The first-order chi connectivity index (χ1) is 15.2. The molecule has 1 fully saturated rings.